The molecule has 0 saturated heterocycles. The van der Waals surface area contributed by atoms with Crippen molar-refractivity contribution in [3.05, 3.63) is 53.7 Å². The molecular weight excluding hydrogens is 364 g/mol. The quantitative estimate of drug-likeness (QED) is 0.562. The van der Waals surface area contributed by atoms with Gasteiger partial charge in [-0.25, -0.2) is 8.42 Å². The molecule has 0 unspecified atom stereocenters. The predicted molar refractivity (Wildman–Crippen MR) is 106 cm³/mol. The second kappa shape index (κ2) is 7.71. The van der Waals surface area contributed by atoms with E-state index >= 15 is 0 Å². The van der Waals surface area contributed by atoms with Gasteiger partial charge in [0.05, 0.1) is 17.0 Å². The van der Waals surface area contributed by atoms with Crippen molar-refractivity contribution in [2.75, 3.05) is 5.32 Å². The van der Waals surface area contributed by atoms with Crippen LogP contribution in [0, 0.1) is 0 Å². The van der Waals surface area contributed by atoms with Gasteiger partial charge in [0.2, 0.25) is 0 Å². The molecule has 1 heterocycles. The molecule has 0 aliphatic heterocycles. The minimum absolute atomic E-state index is 0.0212. The number of hydrogen-bond donors (Lipinski definition) is 3. The zero-order valence-corrected chi connectivity index (χ0v) is 15.9. The number of hydrogen-bond acceptors (Lipinski definition) is 6. The highest BCUT2D eigenvalue weighted by Gasteiger charge is 2.16. The van der Waals surface area contributed by atoms with Crippen molar-refractivity contribution >= 4 is 33.2 Å². The van der Waals surface area contributed by atoms with Crippen molar-refractivity contribution in [3.63, 3.8) is 0 Å². The molecule has 0 saturated carbocycles. The van der Waals surface area contributed by atoms with Gasteiger partial charge in [0.1, 0.15) is 10.7 Å². The van der Waals surface area contributed by atoms with Crippen LogP contribution in [0.1, 0.15) is 29.9 Å². The fourth-order valence-corrected chi connectivity index (χ4v) is 3.35. The third-order valence-electron chi connectivity index (χ3n) is 4.03. The van der Waals surface area contributed by atoms with Crippen LogP contribution in [0.15, 0.2) is 42.5 Å². The van der Waals surface area contributed by atoms with E-state index < -0.39 is 16.6 Å². The van der Waals surface area contributed by atoms with Crippen molar-refractivity contribution in [1.29, 1.82) is 0 Å². The summed E-state index contributed by atoms with van der Waals surface area (Å²) in [4.78, 5) is 11.8. The van der Waals surface area contributed by atoms with Gasteiger partial charge in [0.15, 0.2) is 5.69 Å². The van der Waals surface area contributed by atoms with E-state index in [0.29, 0.717) is 11.2 Å². The number of fused-ring (bicyclic) bond motifs is 1. The lowest BCUT2D eigenvalue weighted by molar-refractivity contribution is 0.0995. The number of benzene rings is 2. The molecule has 0 fully saturated rings. The first-order chi connectivity index (χ1) is 12.8. The summed E-state index contributed by atoms with van der Waals surface area (Å²) in [6.07, 6.45) is 0. The molecule has 3 aromatic rings. The second-order valence-electron chi connectivity index (χ2n) is 6.51. The number of nitrogens with one attached hydrogen (secondary N) is 1. The number of nitrogens with zero attached hydrogens (tertiary/aromatic N) is 2. The van der Waals surface area contributed by atoms with Crippen molar-refractivity contribution < 1.29 is 13.2 Å². The Morgan fingerprint density at radius 3 is 2.33 bits per heavy atom. The Labute approximate surface area is 158 Å². The van der Waals surface area contributed by atoms with Gasteiger partial charge in [-0.15, -0.1) is 10.2 Å². The number of aromatic nitrogens is 2. The highest BCUT2D eigenvalue weighted by atomic mass is 32.2. The molecule has 0 spiro atoms. The first kappa shape index (κ1) is 18.8. The number of carbonyl (C=O) groups excluding carboxylic acids is 1. The molecule has 0 radical (unpaired) electrons. The molecule has 7 nitrogen and oxygen atoms in total. The number of amides is 1. The number of nitrogens with two attached hydrogens (primary N) is 1. The third kappa shape index (κ3) is 4.22. The van der Waals surface area contributed by atoms with E-state index in [1.54, 1.807) is 12.1 Å². The summed E-state index contributed by atoms with van der Waals surface area (Å²) < 4.78 is 21.7. The van der Waals surface area contributed by atoms with Crippen LogP contribution in [0.3, 0.4) is 0 Å². The first-order valence-electron chi connectivity index (χ1n) is 8.43. The van der Waals surface area contributed by atoms with Crippen LogP contribution in [0.2, 0.25) is 0 Å². The maximum Gasteiger partial charge on any atom is 0.271 e. The van der Waals surface area contributed by atoms with E-state index in [4.69, 9.17) is 5.73 Å². The number of primary amides is 1. The topological polar surface area (TPSA) is 115 Å². The van der Waals surface area contributed by atoms with E-state index in [9.17, 15) is 13.2 Å². The Kier molecular flexibility index (Phi) is 5.36. The maximum absolute atomic E-state index is 11.8. The molecule has 2 aromatic carbocycles. The Hall–Kier alpha value is -3.00. The van der Waals surface area contributed by atoms with Crippen LogP contribution >= 0.6 is 0 Å². The van der Waals surface area contributed by atoms with Gasteiger partial charge in [-0.3, -0.25) is 4.79 Å². The van der Waals surface area contributed by atoms with Crippen LogP contribution in [0.25, 0.3) is 22.0 Å². The van der Waals surface area contributed by atoms with Crippen LogP contribution in [0.4, 0.5) is 5.69 Å². The monoisotopic (exact) mass is 384 g/mol. The van der Waals surface area contributed by atoms with E-state index in [0.717, 1.165) is 22.1 Å². The molecule has 3 rings (SSSR count). The van der Waals surface area contributed by atoms with Crippen LogP contribution in [0.5, 0.6) is 0 Å². The molecular formula is C19H20N4O3S. The standard InChI is InChI=1S/C19H20N4O3S/c1-11(2)21-17-15-9-14(7-8-16(15)22-23-18(17)19(20)24)13-5-3-12(4-6-13)10-27(25)26/h3-9,11,27H,10H2,1-2H3,(H2,20,24)(H,21,22). The van der Waals surface area contributed by atoms with Gasteiger partial charge in [0, 0.05) is 11.4 Å². The van der Waals surface area contributed by atoms with Gasteiger partial charge < -0.3 is 11.1 Å². The van der Waals surface area contributed by atoms with Crippen molar-refractivity contribution in [3.8, 4) is 11.1 Å². The molecule has 0 aliphatic carbocycles. The average molecular weight is 384 g/mol. The molecule has 0 aliphatic rings. The summed E-state index contributed by atoms with van der Waals surface area (Å²) in [5.74, 6) is -0.623. The zero-order chi connectivity index (χ0) is 19.6. The highest BCUT2D eigenvalue weighted by Crippen LogP contribution is 2.30. The minimum atomic E-state index is -2.45. The highest BCUT2D eigenvalue weighted by molar-refractivity contribution is 7.71. The SMILES string of the molecule is CC(C)Nc1c(C(N)=O)nnc2ccc(-c3ccc(C[SH](=O)=O)cc3)cc12. The lowest BCUT2D eigenvalue weighted by atomic mass is 10.0. The normalized spacial score (nSPS) is 11.3. The molecule has 140 valence electrons. The molecule has 0 atom stereocenters. The Morgan fingerprint density at radius 1 is 1.07 bits per heavy atom. The van der Waals surface area contributed by atoms with Crippen LogP contribution in [-0.4, -0.2) is 30.6 Å². The molecule has 3 N–H and O–H groups in total. The van der Waals surface area contributed by atoms with Crippen molar-refractivity contribution in [2.24, 2.45) is 5.73 Å². The number of carbonyl (C=O) groups is 1. The third-order valence-corrected chi connectivity index (χ3v) is 4.65. The van der Waals surface area contributed by atoms with Gasteiger partial charge in [-0.1, -0.05) is 30.3 Å². The second-order valence-corrected chi connectivity index (χ2v) is 7.49. The van der Waals surface area contributed by atoms with Crippen molar-refractivity contribution in [1.82, 2.24) is 10.2 Å². The smallest absolute Gasteiger partial charge is 0.271 e. The van der Waals surface area contributed by atoms with E-state index in [2.05, 4.69) is 15.5 Å². The molecule has 1 aromatic heterocycles. The van der Waals surface area contributed by atoms with Gasteiger partial charge in [0.25, 0.3) is 5.91 Å². The lowest BCUT2D eigenvalue weighted by Crippen LogP contribution is -2.20. The Morgan fingerprint density at radius 2 is 1.74 bits per heavy atom. The van der Waals surface area contributed by atoms with Crippen LogP contribution < -0.4 is 11.1 Å². The van der Waals surface area contributed by atoms with Gasteiger partial charge in [-0.05, 0) is 42.7 Å². The number of thiol groups is 1. The van der Waals surface area contributed by atoms with E-state index in [1.165, 1.54) is 0 Å². The summed E-state index contributed by atoms with van der Waals surface area (Å²) in [5.41, 5.74) is 9.33. The number of rotatable bonds is 6. The fourth-order valence-electron chi connectivity index (χ4n) is 2.84. The summed E-state index contributed by atoms with van der Waals surface area (Å²) in [7, 11) is -2.45. The summed E-state index contributed by atoms with van der Waals surface area (Å²) >= 11 is 0. The van der Waals surface area contributed by atoms with Gasteiger partial charge >= 0.3 is 0 Å². The maximum atomic E-state index is 11.8. The van der Waals surface area contributed by atoms with Crippen molar-refractivity contribution in [2.45, 2.75) is 25.6 Å². The molecule has 1 amide bonds. The summed E-state index contributed by atoms with van der Waals surface area (Å²) in [6.45, 7) is 3.92. The molecule has 27 heavy (non-hydrogen) atoms. The zero-order valence-electron chi connectivity index (χ0n) is 15.0. The van der Waals surface area contributed by atoms with E-state index in [-0.39, 0.29) is 17.5 Å². The van der Waals surface area contributed by atoms with E-state index in [1.807, 2.05) is 44.2 Å². The molecule has 8 heteroatoms. The summed E-state index contributed by atoms with van der Waals surface area (Å²) in [6, 6.07) is 13.1. The lowest BCUT2D eigenvalue weighted by Gasteiger charge is -2.15. The predicted octanol–water partition coefficient (Wildman–Crippen LogP) is 2.33. The fraction of sp³-hybridized carbons (Fsp3) is 0.211. The van der Waals surface area contributed by atoms with Gasteiger partial charge in [-0.2, -0.15) is 0 Å². The average Bonchev–Trinajstić information content (AvgIpc) is 2.61. The number of anilines is 1. The van der Waals surface area contributed by atoms with Crippen LogP contribution in [-0.2, 0) is 16.5 Å². The Balaban J connectivity index is 2.11. The Bertz CT molecular complexity index is 1070. The largest absolute Gasteiger partial charge is 0.380 e. The molecule has 0 bridgehead atoms. The minimum Gasteiger partial charge on any atom is -0.380 e. The summed E-state index contributed by atoms with van der Waals surface area (Å²) in [5, 5.41) is 12.0. The first-order valence-corrected chi connectivity index (χ1v) is 9.79.